The van der Waals surface area contributed by atoms with Gasteiger partial charge in [-0.25, -0.2) is 0 Å². The van der Waals surface area contributed by atoms with Gasteiger partial charge in [0.15, 0.2) is 9.52 Å². The summed E-state index contributed by atoms with van der Waals surface area (Å²) < 4.78 is 4.77. The molecule has 9 heavy (non-hydrogen) atoms. The van der Waals surface area contributed by atoms with Gasteiger partial charge in [0.25, 0.3) is 5.59 Å². The molecule has 0 saturated carbocycles. The second-order valence-corrected chi connectivity index (χ2v) is 3.69. The Morgan fingerprint density at radius 1 is 1.56 bits per heavy atom. The van der Waals surface area contributed by atoms with Crippen LogP contribution in [0, 0.1) is 0 Å². The highest BCUT2D eigenvalue weighted by atomic mass is 28.2. The molecule has 0 aliphatic heterocycles. The third-order valence-corrected chi connectivity index (χ3v) is 2.71. The molecule has 0 amide bonds. The first kappa shape index (κ1) is 8.69. The van der Waals surface area contributed by atoms with Gasteiger partial charge in [0, 0.05) is 0 Å². The second-order valence-electron chi connectivity index (χ2n) is 1.91. The van der Waals surface area contributed by atoms with Crippen molar-refractivity contribution >= 4 is 15.1 Å². The van der Waals surface area contributed by atoms with Crippen molar-refractivity contribution < 1.29 is 9.53 Å². The number of hydrogen-bond acceptors (Lipinski definition) is 2. The lowest BCUT2D eigenvalue weighted by atomic mass is 10.6. The van der Waals surface area contributed by atoms with E-state index in [4.69, 9.17) is 4.74 Å². The van der Waals surface area contributed by atoms with Gasteiger partial charge >= 0.3 is 0 Å². The van der Waals surface area contributed by atoms with Crippen molar-refractivity contribution in [1.29, 1.82) is 0 Å². The lowest BCUT2D eigenvalue weighted by molar-refractivity contribution is 0.178. The molecule has 54 valence electrons. The summed E-state index contributed by atoms with van der Waals surface area (Å²) in [5.41, 5.74) is 0.0688. The molecule has 0 rings (SSSR count). The van der Waals surface area contributed by atoms with Crippen LogP contribution >= 0.6 is 0 Å². The molecule has 0 spiro atoms. The molecule has 0 aliphatic carbocycles. The highest BCUT2D eigenvalue weighted by molar-refractivity contribution is 6.71. The van der Waals surface area contributed by atoms with E-state index in [0.29, 0.717) is 6.61 Å². The predicted molar refractivity (Wildman–Crippen MR) is 40.7 cm³/mol. The lowest BCUT2D eigenvalue weighted by Gasteiger charge is -1.97. The number of rotatable bonds is 4. The zero-order valence-electron chi connectivity index (χ0n) is 6.14. The quantitative estimate of drug-likeness (QED) is 0.556. The van der Waals surface area contributed by atoms with E-state index in [1.165, 1.54) is 0 Å². The Morgan fingerprint density at radius 2 is 2.22 bits per heavy atom. The molecule has 0 aromatic rings. The van der Waals surface area contributed by atoms with Crippen molar-refractivity contribution in [3.8, 4) is 0 Å². The van der Waals surface area contributed by atoms with E-state index in [1.54, 1.807) is 0 Å². The Balaban J connectivity index is 3.06. The van der Waals surface area contributed by atoms with Crippen LogP contribution in [-0.2, 0) is 4.74 Å². The van der Waals surface area contributed by atoms with Crippen LogP contribution in [0.1, 0.15) is 20.3 Å². The molecule has 0 saturated heterocycles. The average molecular weight is 146 g/mol. The van der Waals surface area contributed by atoms with Crippen molar-refractivity contribution in [1.82, 2.24) is 0 Å². The molecule has 0 aliphatic rings. The molecule has 0 unspecified atom stereocenters. The third kappa shape index (κ3) is 5.56. The maximum atomic E-state index is 10.6. The number of hydrogen-bond donors (Lipinski definition) is 0. The zero-order valence-corrected chi connectivity index (χ0v) is 7.56. The van der Waals surface area contributed by atoms with Crippen LogP contribution in [0.15, 0.2) is 0 Å². The molecule has 0 radical (unpaired) electrons. The summed E-state index contributed by atoms with van der Waals surface area (Å²) in [5, 5.41) is 0. The molecule has 0 heterocycles. The third-order valence-electron chi connectivity index (χ3n) is 1.04. The largest absolute Gasteiger partial charge is 0.471 e. The van der Waals surface area contributed by atoms with E-state index in [0.717, 1.165) is 12.5 Å². The fourth-order valence-corrected chi connectivity index (χ4v) is 1.54. The van der Waals surface area contributed by atoms with Gasteiger partial charge < -0.3 is 4.74 Å². The van der Waals surface area contributed by atoms with E-state index in [2.05, 4.69) is 6.92 Å². The van der Waals surface area contributed by atoms with E-state index < -0.39 is 9.52 Å². The fourth-order valence-electron chi connectivity index (χ4n) is 0.554. The van der Waals surface area contributed by atoms with Gasteiger partial charge in [-0.05, 0) is 6.92 Å². The van der Waals surface area contributed by atoms with Crippen LogP contribution in [0.25, 0.3) is 0 Å². The molecule has 0 aromatic carbocycles. The van der Waals surface area contributed by atoms with Crippen LogP contribution in [0.5, 0.6) is 0 Å². The summed E-state index contributed by atoms with van der Waals surface area (Å²) in [6.45, 7) is 4.47. The van der Waals surface area contributed by atoms with E-state index in [-0.39, 0.29) is 5.59 Å². The first-order chi connectivity index (χ1) is 4.31. The first-order valence-corrected chi connectivity index (χ1v) is 5.17. The van der Waals surface area contributed by atoms with Crippen LogP contribution in [0.4, 0.5) is 4.79 Å². The van der Waals surface area contributed by atoms with Gasteiger partial charge in [0.05, 0.1) is 6.61 Å². The molecule has 0 N–H and O–H groups in total. The number of ether oxygens (including phenoxy) is 1. The minimum absolute atomic E-state index is 0.0688. The number of carbonyl (C=O) groups is 1. The molecule has 0 atom stereocenters. The van der Waals surface area contributed by atoms with Gasteiger partial charge in [-0.2, -0.15) is 0 Å². The standard InChI is InChI=1S/C6H14O2Si/c1-3-5-9-6(7)8-4-2/h3-5,9H2,1-2H3. The lowest BCUT2D eigenvalue weighted by Crippen LogP contribution is -2.09. The SMILES string of the molecule is CCC[SiH2]C(=O)OCC. The van der Waals surface area contributed by atoms with E-state index in [1.807, 2.05) is 6.92 Å². The van der Waals surface area contributed by atoms with E-state index in [9.17, 15) is 4.79 Å². The Morgan fingerprint density at radius 3 is 2.67 bits per heavy atom. The second kappa shape index (κ2) is 5.82. The Hall–Kier alpha value is -0.313. The van der Waals surface area contributed by atoms with Crippen LogP contribution in [-0.4, -0.2) is 21.7 Å². The molecular weight excluding hydrogens is 132 g/mol. The summed E-state index contributed by atoms with van der Waals surface area (Å²) in [4.78, 5) is 10.6. The van der Waals surface area contributed by atoms with Crippen molar-refractivity contribution in [2.75, 3.05) is 6.61 Å². The summed E-state index contributed by atoms with van der Waals surface area (Å²) in [6.07, 6.45) is 1.12. The first-order valence-electron chi connectivity index (χ1n) is 3.46. The van der Waals surface area contributed by atoms with Crippen LogP contribution in [0.3, 0.4) is 0 Å². The summed E-state index contributed by atoms with van der Waals surface area (Å²) in [7, 11) is -0.536. The molecule has 0 aromatic heterocycles. The van der Waals surface area contributed by atoms with Crippen LogP contribution in [0.2, 0.25) is 6.04 Å². The highest BCUT2D eigenvalue weighted by Crippen LogP contribution is 1.88. The number of carbonyl (C=O) groups excluding carboxylic acids is 1. The maximum absolute atomic E-state index is 10.6. The smallest absolute Gasteiger partial charge is 0.264 e. The molecule has 3 heteroatoms. The Bertz CT molecular complexity index is 83.1. The Kier molecular flexibility index (Phi) is 5.61. The minimum Gasteiger partial charge on any atom is -0.471 e. The molecule has 0 bridgehead atoms. The van der Waals surface area contributed by atoms with Gasteiger partial charge in [-0.3, -0.25) is 4.79 Å². The molecule has 2 nitrogen and oxygen atoms in total. The van der Waals surface area contributed by atoms with Crippen LogP contribution < -0.4 is 0 Å². The van der Waals surface area contributed by atoms with Gasteiger partial charge in [-0.15, -0.1) is 0 Å². The van der Waals surface area contributed by atoms with Gasteiger partial charge in [0.2, 0.25) is 0 Å². The Labute approximate surface area is 58.4 Å². The summed E-state index contributed by atoms with van der Waals surface area (Å²) in [6, 6.07) is 1.08. The normalized spacial score (nSPS) is 10.4. The fraction of sp³-hybridized carbons (Fsp3) is 0.833. The molecular formula is C6H14O2Si. The van der Waals surface area contributed by atoms with Gasteiger partial charge in [0.1, 0.15) is 0 Å². The van der Waals surface area contributed by atoms with Crippen molar-refractivity contribution in [2.24, 2.45) is 0 Å². The molecule has 0 fully saturated rings. The topological polar surface area (TPSA) is 26.3 Å². The van der Waals surface area contributed by atoms with Gasteiger partial charge in [-0.1, -0.05) is 19.4 Å². The maximum Gasteiger partial charge on any atom is 0.264 e. The van der Waals surface area contributed by atoms with Crippen molar-refractivity contribution in [3.05, 3.63) is 0 Å². The van der Waals surface area contributed by atoms with E-state index >= 15 is 0 Å². The van der Waals surface area contributed by atoms with Crippen molar-refractivity contribution in [2.45, 2.75) is 26.3 Å². The summed E-state index contributed by atoms with van der Waals surface area (Å²) >= 11 is 0. The monoisotopic (exact) mass is 146 g/mol. The predicted octanol–water partition coefficient (Wildman–Crippen LogP) is 1.14. The van der Waals surface area contributed by atoms with Crippen molar-refractivity contribution in [3.63, 3.8) is 0 Å². The zero-order chi connectivity index (χ0) is 7.11. The average Bonchev–Trinajstić information content (AvgIpc) is 1.85. The minimum atomic E-state index is -0.536. The summed E-state index contributed by atoms with van der Waals surface area (Å²) in [5.74, 6) is 0. The highest BCUT2D eigenvalue weighted by Gasteiger charge is 1.98.